The van der Waals surface area contributed by atoms with Crippen molar-refractivity contribution in [2.45, 2.75) is 37.5 Å². The maximum Gasteiger partial charge on any atom is 0.244 e. The van der Waals surface area contributed by atoms with E-state index < -0.39 is 0 Å². The first-order valence-electron chi connectivity index (χ1n) is 6.31. The lowest BCUT2D eigenvalue weighted by atomic mass is 10.2. The van der Waals surface area contributed by atoms with E-state index in [2.05, 4.69) is 16.8 Å². The molecular formula is C13H18N2O2S. The van der Waals surface area contributed by atoms with Crippen LogP contribution in [-0.4, -0.2) is 36.1 Å². The fraction of sp³-hybridized carbons (Fsp3) is 0.615. The number of methoxy groups -OCH3 is 1. The molecule has 2 aliphatic rings. The molecule has 1 saturated heterocycles. The fourth-order valence-corrected chi connectivity index (χ4v) is 3.44. The van der Waals surface area contributed by atoms with E-state index in [4.69, 9.17) is 4.74 Å². The van der Waals surface area contributed by atoms with Crippen molar-refractivity contribution in [3.8, 4) is 0 Å². The first-order valence-corrected chi connectivity index (χ1v) is 7.19. The Labute approximate surface area is 111 Å². The summed E-state index contributed by atoms with van der Waals surface area (Å²) in [5.74, 6) is 0.241. The number of carbonyl (C=O) groups is 1. The Balaban J connectivity index is 1.89. The van der Waals surface area contributed by atoms with E-state index in [0.29, 0.717) is 6.61 Å². The van der Waals surface area contributed by atoms with Crippen LogP contribution >= 0.6 is 11.3 Å². The number of nitrogens with one attached hydrogen (secondary N) is 1. The third-order valence-corrected chi connectivity index (χ3v) is 4.71. The molecule has 1 aromatic rings. The zero-order valence-electron chi connectivity index (χ0n) is 10.7. The van der Waals surface area contributed by atoms with Crippen molar-refractivity contribution in [3.05, 3.63) is 22.4 Å². The van der Waals surface area contributed by atoms with Crippen LogP contribution in [0.15, 0.2) is 17.5 Å². The second-order valence-electron chi connectivity index (χ2n) is 5.16. The second-order valence-corrected chi connectivity index (χ2v) is 6.14. The van der Waals surface area contributed by atoms with Gasteiger partial charge in [-0.15, -0.1) is 11.3 Å². The molecule has 1 aliphatic heterocycles. The van der Waals surface area contributed by atoms with E-state index >= 15 is 0 Å². The van der Waals surface area contributed by atoms with Gasteiger partial charge in [0.15, 0.2) is 0 Å². The minimum atomic E-state index is -0.267. The summed E-state index contributed by atoms with van der Waals surface area (Å²) >= 11 is 1.69. The van der Waals surface area contributed by atoms with Crippen molar-refractivity contribution < 1.29 is 9.53 Å². The molecule has 1 aromatic heterocycles. The van der Waals surface area contributed by atoms with Gasteiger partial charge in [0.05, 0.1) is 12.6 Å². The quantitative estimate of drug-likeness (QED) is 0.902. The molecule has 0 aromatic carbocycles. The highest BCUT2D eigenvalue weighted by Gasteiger charge is 2.60. The molecule has 0 radical (unpaired) electrons. The molecule has 1 saturated carbocycles. The third-order valence-electron chi connectivity index (χ3n) is 3.78. The number of hydrogen-bond donors (Lipinski definition) is 1. The van der Waals surface area contributed by atoms with E-state index in [1.807, 2.05) is 17.9 Å². The molecular weight excluding hydrogens is 248 g/mol. The standard InChI is InChI=1S/C13H18N2O2S/c1-9(8-17-2)15-11(10-4-3-7-18-10)14-13(5-6-13)12(15)16/h3-4,7,9,11,14H,5-6,8H2,1-2H3. The number of ether oxygens (including phenoxy) is 1. The number of carbonyl (C=O) groups excluding carboxylic acids is 1. The predicted octanol–water partition coefficient (Wildman–Crippen LogP) is 1.75. The Morgan fingerprint density at radius 1 is 1.67 bits per heavy atom. The van der Waals surface area contributed by atoms with E-state index in [0.717, 1.165) is 12.8 Å². The molecule has 1 amide bonds. The van der Waals surface area contributed by atoms with Gasteiger partial charge in [-0.2, -0.15) is 0 Å². The smallest absolute Gasteiger partial charge is 0.244 e. The lowest BCUT2D eigenvalue weighted by Gasteiger charge is -2.29. The lowest BCUT2D eigenvalue weighted by Crippen LogP contribution is -2.41. The molecule has 2 unspecified atom stereocenters. The maximum absolute atomic E-state index is 12.5. The van der Waals surface area contributed by atoms with Crippen molar-refractivity contribution in [2.75, 3.05) is 13.7 Å². The van der Waals surface area contributed by atoms with Gasteiger partial charge >= 0.3 is 0 Å². The van der Waals surface area contributed by atoms with Gasteiger partial charge in [-0.3, -0.25) is 10.1 Å². The summed E-state index contributed by atoms with van der Waals surface area (Å²) in [5.41, 5.74) is -0.267. The van der Waals surface area contributed by atoms with Crippen LogP contribution in [-0.2, 0) is 9.53 Å². The highest BCUT2D eigenvalue weighted by atomic mass is 32.1. The molecule has 2 atom stereocenters. The molecule has 18 heavy (non-hydrogen) atoms. The Morgan fingerprint density at radius 2 is 2.44 bits per heavy atom. The summed E-state index contributed by atoms with van der Waals surface area (Å²) in [7, 11) is 1.68. The van der Waals surface area contributed by atoms with Crippen LogP contribution in [0.4, 0.5) is 0 Å². The van der Waals surface area contributed by atoms with Gasteiger partial charge in [0.2, 0.25) is 5.91 Å². The molecule has 1 spiro atoms. The largest absolute Gasteiger partial charge is 0.383 e. The molecule has 5 heteroatoms. The van der Waals surface area contributed by atoms with Gasteiger partial charge in [0.1, 0.15) is 11.7 Å². The molecule has 2 heterocycles. The fourth-order valence-electron chi connectivity index (χ4n) is 2.67. The van der Waals surface area contributed by atoms with Crippen molar-refractivity contribution in [1.82, 2.24) is 10.2 Å². The van der Waals surface area contributed by atoms with Crippen LogP contribution in [0.5, 0.6) is 0 Å². The highest BCUT2D eigenvalue weighted by molar-refractivity contribution is 7.10. The van der Waals surface area contributed by atoms with Crippen LogP contribution in [0.2, 0.25) is 0 Å². The topological polar surface area (TPSA) is 41.6 Å². The average Bonchev–Trinajstić information content (AvgIpc) is 2.83. The van der Waals surface area contributed by atoms with Gasteiger partial charge in [-0.25, -0.2) is 0 Å². The summed E-state index contributed by atoms with van der Waals surface area (Å²) in [6.07, 6.45) is 1.94. The SMILES string of the molecule is COCC(C)N1C(=O)C2(CC2)NC1c1cccs1. The zero-order chi connectivity index (χ0) is 12.8. The molecule has 1 aliphatic carbocycles. The molecule has 98 valence electrons. The van der Waals surface area contributed by atoms with Gasteiger partial charge in [0.25, 0.3) is 0 Å². The van der Waals surface area contributed by atoms with Crippen molar-refractivity contribution >= 4 is 17.2 Å². The number of rotatable bonds is 4. The summed E-state index contributed by atoms with van der Waals surface area (Å²) in [4.78, 5) is 15.7. The first-order chi connectivity index (χ1) is 8.68. The molecule has 3 rings (SSSR count). The molecule has 2 fully saturated rings. The van der Waals surface area contributed by atoms with Crippen LogP contribution in [0.1, 0.15) is 30.8 Å². The molecule has 4 nitrogen and oxygen atoms in total. The van der Waals surface area contributed by atoms with E-state index in [1.165, 1.54) is 4.88 Å². The van der Waals surface area contributed by atoms with Crippen LogP contribution in [0.25, 0.3) is 0 Å². The average molecular weight is 266 g/mol. The first kappa shape index (κ1) is 12.1. The number of hydrogen-bond acceptors (Lipinski definition) is 4. The van der Waals surface area contributed by atoms with Gasteiger partial charge in [-0.1, -0.05) is 6.07 Å². The summed E-state index contributed by atoms with van der Waals surface area (Å²) < 4.78 is 5.20. The van der Waals surface area contributed by atoms with Gasteiger partial charge in [-0.05, 0) is 31.2 Å². The van der Waals surface area contributed by atoms with Crippen LogP contribution in [0.3, 0.4) is 0 Å². The zero-order valence-corrected chi connectivity index (χ0v) is 11.5. The highest BCUT2D eigenvalue weighted by Crippen LogP contribution is 2.47. The second kappa shape index (κ2) is 4.33. The Morgan fingerprint density at radius 3 is 3.00 bits per heavy atom. The molecule has 1 N–H and O–H groups in total. The predicted molar refractivity (Wildman–Crippen MR) is 70.3 cm³/mol. The minimum absolute atomic E-state index is 0.0187. The summed E-state index contributed by atoms with van der Waals surface area (Å²) in [6.45, 7) is 2.62. The Hall–Kier alpha value is -0.910. The monoisotopic (exact) mass is 266 g/mol. The van der Waals surface area contributed by atoms with E-state index in [1.54, 1.807) is 18.4 Å². The van der Waals surface area contributed by atoms with Crippen molar-refractivity contribution in [1.29, 1.82) is 0 Å². The van der Waals surface area contributed by atoms with Crippen LogP contribution < -0.4 is 5.32 Å². The Kier molecular flexibility index (Phi) is 2.92. The Bertz CT molecular complexity index is 442. The minimum Gasteiger partial charge on any atom is -0.383 e. The van der Waals surface area contributed by atoms with Crippen LogP contribution in [0, 0.1) is 0 Å². The normalized spacial score (nSPS) is 26.9. The van der Waals surface area contributed by atoms with Gasteiger partial charge in [0, 0.05) is 12.0 Å². The van der Waals surface area contributed by atoms with E-state index in [9.17, 15) is 4.79 Å². The number of nitrogens with zero attached hydrogens (tertiary/aromatic N) is 1. The van der Waals surface area contributed by atoms with Crippen molar-refractivity contribution in [2.24, 2.45) is 0 Å². The summed E-state index contributed by atoms with van der Waals surface area (Å²) in [5, 5.41) is 5.57. The third kappa shape index (κ3) is 1.77. The molecule has 0 bridgehead atoms. The lowest BCUT2D eigenvalue weighted by molar-refractivity contribution is -0.133. The number of thiophene rings is 1. The van der Waals surface area contributed by atoms with Crippen molar-refractivity contribution in [3.63, 3.8) is 0 Å². The van der Waals surface area contributed by atoms with E-state index in [-0.39, 0.29) is 23.7 Å². The maximum atomic E-state index is 12.5. The summed E-state index contributed by atoms with van der Waals surface area (Å²) in [6, 6.07) is 4.22. The number of amides is 1. The van der Waals surface area contributed by atoms with Gasteiger partial charge < -0.3 is 9.64 Å².